The molecule has 1 aromatic carbocycles. The van der Waals surface area contributed by atoms with Gasteiger partial charge in [-0.05, 0) is 62.5 Å². The van der Waals surface area contributed by atoms with Gasteiger partial charge >= 0.3 is 0 Å². The first kappa shape index (κ1) is 13.6. The van der Waals surface area contributed by atoms with Crippen LogP contribution in [0.3, 0.4) is 0 Å². The zero-order valence-electron chi connectivity index (χ0n) is 9.33. The molecule has 0 aliphatic heterocycles. The number of benzene rings is 1. The number of phenolic OH excluding ortho intramolecular Hbond substituents is 1. The van der Waals surface area contributed by atoms with E-state index in [2.05, 4.69) is 37.2 Å². The van der Waals surface area contributed by atoms with Gasteiger partial charge in [0.2, 0.25) is 0 Å². The molecule has 0 radical (unpaired) electrons. The lowest BCUT2D eigenvalue weighted by molar-refractivity contribution is 0.102. The van der Waals surface area contributed by atoms with Crippen molar-refractivity contribution < 1.29 is 9.90 Å². The van der Waals surface area contributed by atoms with Crippen molar-refractivity contribution in [3.05, 3.63) is 43.0 Å². The number of amides is 1. The molecule has 3 nitrogen and oxygen atoms in total. The molecule has 1 heterocycles. The maximum Gasteiger partial charge on any atom is 0.257 e. The highest BCUT2D eigenvalue weighted by Crippen LogP contribution is 2.33. The molecule has 0 spiro atoms. The first-order valence-electron chi connectivity index (χ1n) is 5.03. The van der Waals surface area contributed by atoms with Gasteiger partial charge in [-0.25, -0.2) is 0 Å². The number of hydrogen-bond acceptors (Lipinski definition) is 3. The van der Waals surface area contributed by atoms with Crippen molar-refractivity contribution in [1.82, 2.24) is 0 Å². The van der Waals surface area contributed by atoms with Crippen LogP contribution in [0.4, 0.5) is 5.69 Å². The second kappa shape index (κ2) is 5.42. The van der Waals surface area contributed by atoms with Crippen molar-refractivity contribution in [2.75, 3.05) is 5.32 Å². The predicted molar refractivity (Wildman–Crippen MR) is 80.5 cm³/mol. The molecule has 0 unspecified atom stereocenters. The van der Waals surface area contributed by atoms with Gasteiger partial charge in [-0.1, -0.05) is 6.07 Å². The van der Waals surface area contributed by atoms with Crippen molar-refractivity contribution in [2.24, 2.45) is 0 Å². The van der Waals surface area contributed by atoms with Gasteiger partial charge in [-0.3, -0.25) is 4.79 Å². The van der Waals surface area contributed by atoms with Gasteiger partial charge in [0.25, 0.3) is 5.91 Å². The van der Waals surface area contributed by atoms with E-state index in [4.69, 9.17) is 0 Å². The van der Waals surface area contributed by atoms with E-state index in [1.165, 1.54) is 11.3 Å². The van der Waals surface area contributed by atoms with Gasteiger partial charge in [0.05, 0.1) is 18.8 Å². The summed E-state index contributed by atoms with van der Waals surface area (Å²) in [7, 11) is 0. The van der Waals surface area contributed by atoms with E-state index >= 15 is 0 Å². The van der Waals surface area contributed by atoms with Crippen LogP contribution in [-0.4, -0.2) is 11.0 Å². The second-order valence-corrected chi connectivity index (χ2v) is 7.46. The molecule has 2 aromatic rings. The highest BCUT2D eigenvalue weighted by atomic mass is 79.9. The van der Waals surface area contributed by atoms with E-state index in [-0.39, 0.29) is 11.7 Å². The van der Waals surface area contributed by atoms with Crippen LogP contribution in [0.15, 0.2) is 31.8 Å². The number of nitrogens with one attached hydrogen (secondary N) is 1. The van der Waals surface area contributed by atoms with Gasteiger partial charge < -0.3 is 10.4 Å². The third kappa shape index (κ3) is 2.93. The highest BCUT2D eigenvalue weighted by Gasteiger charge is 2.15. The van der Waals surface area contributed by atoms with Crippen LogP contribution in [0.5, 0.6) is 5.75 Å². The molecule has 1 aromatic heterocycles. The van der Waals surface area contributed by atoms with E-state index < -0.39 is 0 Å². The van der Waals surface area contributed by atoms with Gasteiger partial charge in [0.15, 0.2) is 0 Å². The molecule has 0 fully saturated rings. The molecule has 0 aliphatic carbocycles. The maximum absolute atomic E-state index is 12.0. The van der Waals surface area contributed by atoms with Gasteiger partial charge in [-0.15, -0.1) is 11.3 Å². The van der Waals surface area contributed by atoms with Crippen molar-refractivity contribution in [2.45, 2.75) is 6.92 Å². The Labute approximate surface area is 125 Å². The van der Waals surface area contributed by atoms with Gasteiger partial charge in [0, 0.05) is 0 Å². The first-order chi connectivity index (χ1) is 8.47. The van der Waals surface area contributed by atoms with Crippen LogP contribution >= 0.6 is 43.2 Å². The number of carbonyl (C=O) groups is 1. The van der Waals surface area contributed by atoms with Crippen molar-refractivity contribution >= 4 is 54.8 Å². The summed E-state index contributed by atoms with van der Waals surface area (Å²) in [5, 5.41) is 12.4. The third-order valence-electron chi connectivity index (χ3n) is 2.30. The number of aryl methyl sites for hydroxylation is 1. The summed E-state index contributed by atoms with van der Waals surface area (Å²) in [6.07, 6.45) is 0. The molecule has 0 atom stereocenters. The summed E-state index contributed by atoms with van der Waals surface area (Å²) < 4.78 is 1.62. The molecule has 0 bridgehead atoms. The fourth-order valence-corrected chi connectivity index (χ4v) is 4.23. The monoisotopic (exact) mass is 389 g/mol. The number of carbonyl (C=O) groups excluding carboxylic acids is 1. The Hall–Kier alpha value is -0.850. The zero-order valence-corrected chi connectivity index (χ0v) is 13.3. The van der Waals surface area contributed by atoms with E-state index in [0.717, 1.165) is 13.1 Å². The molecule has 2 N–H and O–H groups in total. The Bertz CT molecular complexity index is 610. The number of aromatic hydroxyl groups is 1. The molecular formula is C12H9Br2NO2S. The third-order valence-corrected chi connectivity index (χ3v) is 4.64. The molecule has 2 rings (SSSR count). The molecule has 94 valence electrons. The molecule has 0 saturated heterocycles. The Kier molecular flexibility index (Phi) is 4.09. The van der Waals surface area contributed by atoms with Crippen molar-refractivity contribution in [3.63, 3.8) is 0 Å². The van der Waals surface area contributed by atoms with Crippen LogP contribution < -0.4 is 5.32 Å². The fourth-order valence-electron chi connectivity index (χ4n) is 1.43. The van der Waals surface area contributed by atoms with Crippen LogP contribution in [0.2, 0.25) is 0 Å². The first-order valence-corrected chi connectivity index (χ1v) is 7.43. The molecule has 0 aliphatic rings. The topological polar surface area (TPSA) is 49.3 Å². The average molecular weight is 391 g/mol. The lowest BCUT2D eigenvalue weighted by Gasteiger charge is -2.07. The highest BCUT2D eigenvalue weighted by molar-refractivity contribution is 9.12. The summed E-state index contributed by atoms with van der Waals surface area (Å²) in [5.41, 5.74) is 1.87. The number of anilines is 1. The summed E-state index contributed by atoms with van der Waals surface area (Å²) >= 11 is 8.07. The minimum atomic E-state index is -0.261. The summed E-state index contributed by atoms with van der Waals surface area (Å²) in [6, 6.07) is 6.84. The maximum atomic E-state index is 12.0. The molecule has 1 amide bonds. The lowest BCUT2D eigenvalue weighted by Crippen LogP contribution is -2.11. The number of hydrogen-bond donors (Lipinski definition) is 2. The molecule has 18 heavy (non-hydrogen) atoms. The number of phenols is 1. The van der Waals surface area contributed by atoms with Gasteiger partial charge in [-0.2, -0.15) is 0 Å². The molecular weight excluding hydrogens is 382 g/mol. The summed E-state index contributed by atoms with van der Waals surface area (Å²) in [6.45, 7) is 1.87. The SMILES string of the molecule is Cc1ccc(NC(=O)c2cc(Br)sc2Br)c(O)c1. The van der Waals surface area contributed by atoms with Gasteiger partial charge in [0.1, 0.15) is 5.75 Å². The Morgan fingerprint density at radius 3 is 2.61 bits per heavy atom. The van der Waals surface area contributed by atoms with Crippen molar-refractivity contribution in [1.29, 1.82) is 0 Å². The van der Waals surface area contributed by atoms with E-state index in [0.29, 0.717) is 11.3 Å². The van der Waals surface area contributed by atoms with E-state index in [1.54, 1.807) is 18.2 Å². The Morgan fingerprint density at radius 1 is 1.33 bits per heavy atom. The van der Waals surface area contributed by atoms with E-state index in [1.807, 2.05) is 13.0 Å². The Balaban J connectivity index is 2.24. The van der Waals surface area contributed by atoms with Crippen LogP contribution in [-0.2, 0) is 0 Å². The zero-order chi connectivity index (χ0) is 13.3. The van der Waals surface area contributed by atoms with E-state index in [9.17, 15) is 9.90 Å². The predicted octanol–water partition coefficient (Wildman–Crippen LogP) is 4.54. The average Bonchev–Trinajstić information content (AvgIpc) is 2.62. The number of thiophene rings is 1. The molecule has 6 heteroatoms. The standard InChI is InChI=1S/C12H9Br2NO2S/c1-6-2-3-8(9(16)4-6)15-12(17)7-5-10(13)18-11(7)14/h2-5,16H,1H3,(H,15,17). The molecule has 0 saturated carbocycles. The van der Waals surface area contributed by atoms with Crippen molar-refractivity contribution in [3.8, 4) is 5.75 Å². The number of rotatable bonds is 2. The smallest absolute Gasteiger partial charge is 0.257 e. The van der Waals surface area contributed by atoms with Crippen LogP contribution in [0, 0.1) is 6.92 Å². The summed E-state index contributed by atoms with van der Waals surface area (Å²) in [4.78, 5) is 12.0. The largest absolute Gasteiger partial charge is 0.506 e. The Morgan fingerprint density at radius 2 is 2.06 bits per heavy atom. The minimum absolute atomic E-state index is 0.0637. The minimum Gasteiger partial charge on any atom is -0.506 e. The normalized spacial score (nSPS) is 10.4. The quantitative estimate of drug-likeness (QED) is 0.739. The summed E-state index contributed by atoms with van der Waals surface area (Å²) in [5.74, 6) is -0.197. The van der Waals surface area contributed by atoms with Crippen LogP contribution in [0.25, 0.3) is 0 Å². The fraction of sp³-hybridized carbons (Fsp3) is 0.0833. The number of halogens is 2. The van der Waals surface area contributed by atoms with Crippen LogP contribution in [0.1, 0.15) is 15.9 Å². The second-order valence-electron chi connectivity index (χ2n) is 3.71. The lowest BCUT2D eigenvalue weighted by atomic mass is 10.2.